The van der Waals surface area contributed by atoms with Crippen LogP contribution in [0.5, 0.6) is 0 Å². The molecule has 0 saturated heterocycles. The number of nitrogens with two attached hydrogens (primary N) is 1. The van der Waals surface area contributed by atoms with Crippen LogP contribution in [0.25, 0.3) is 11.1 Å². The van der Waals surface area contributed by atoms with Gasteiger partial charge in [0, 0.05) is 17.5 Å². The number of anilines is 1. The molecule has 0 bridgehead atoms. The van der Waals surface area contributed by atoms with Crippen LogP contribution in [0.4, 0.5) is 14.7 Å². The van der Waals surface area contributed by atoms with Gasteiger partial charge in [0.2, 0.25) is 5.88 Å². The maximum Gasteiger partial charge on any atom is 0.230 e. The average molecular weight is 264 g/mol. The molecule has 0 spiro atoms. The van der Waals surface area contributed by atoms with Gasteiger partial charge < -0.3 is 10.3 Å². The Morgan fingerprint density at radius 3 is 2.74 bits per heavy atom. The van der Waals surface area contributed by atoms with E-state index in [1.807, 2.05) is 6.92 Å². The molecule has 0 amide bonds. The molecule has 2 aromatic rings. The standard InChI is InChI=1S/C14H14F2N2O/c1-7(8-2-3-8)13-12(14(17)19-18-13)10-5-4-9(15)6-11(10)16/h4-8H,2-3,17H2,1H3. The van der Waals surface area contributed by atoms with E-state index in [0.29, 0.717) is 17.2 Å². The summed E-state index contributed by atoms with van der Waals surface area (Å²) >= 11 is 0. The van der Waals surface area contributed by atoms with Crippen molar-refractivity contribution in [2.45, 2.75) is 25.7 Å². The third-order valence-corrected chi connectivity index (χ3v) is 3.71. The van der Waals surface area contributed by atoms with Gasteiger partial charge >= 0.3 is 0 Å². The highest BCUT2D eigenvalue weighted by molar-refractivity contribution is 5.76. The van der Waals surface area contributed by atoms with E-state index < -0.39 is 11.6 Å². The number of hydrogen-bond donors (Lipinski definition) is 1. The van der Waals surface area contributed by atoms with Gasteiger partial charge in [0.15, 0.2) is 0 Å². The van der Waals surface area contributed by atoms with Crippen molar-refractivity contribution in [2.24, 2.45) is 5.92 Å². The molecule has 1 heterocycles. The molecule has 1 aliphatic carbocycles. The van der Waals surface area contributed by atoms with Gasteiger partial charge in [-0.3, -0.25) is 0 Å². The Hall–Kier alpha value is -1.91. The Kier molecular flexibility index (Phi) is 2.77. The van der Waals surface area contributed by atoms with Crippen LogP contribution in [0, 0.1) is 17.6 Å². The molecule has 1 aromatic carbocycles. The van der Waals surface area contributed by atoms with E-state index >= 15 is 0 Å². The van der Waals surface area contributed by atoms with Gasteiger partial charge in [0.25, 0.3) is 0 Å². The number of aromatic nitrogens is 1. The first kappa shape index (κ1) is 12.1. The number of halogens is 2. The Morgan fingerprint density at radius 1 is 1.37 bits per heavy atom. The van der Waals surface area contributed by atoms with Crippen molar-refractivity contribution in [3.05, 3.63) is 35.5 Å². The van der Waals surface area contributed by atoms with Crippen molar-refractivity contribution in [3.8, 4) is 11.1 Å². The fourth-order valence-electron chi connectivity index (χ4n) is 2.41. The number of nitrogens with zero attached hydrogens (tertiary/aromatic N) is 1. The average Bonchev–Trinajstić information content (AvgIpc) is 3.14. The SMILES string of the molecule is CC(c1noc(N)c1-c1ccc(F)cc1F)C1CC1. The summed E-state index contributed by atoms with van der Waals surface area (Å²) < 4.78 is 31.9. The molecule has 3 rings (SSSR count). The van der Waals surface area contributed by atoms with Crippen LogP contribution in [0.15, 0.2) is 22.7 Å². The summed E-state index contributed by atoms with van der Waals surface area (Å²) in [5.41, 5.74) is 7.10. The van der Waals surface area contributed by atoms with E-state index in [1.165, 1.54) is 12.1 Å². The van der Waals surface area contributed by atoms with E-state index in [9.17, 15) is 8.78 Å². The number of hydrogen-bond acceptors (Lipinski definition) is 3. The van der Waals surface area contributed by atoms with Crippen LogP contribution in [0.1, 0.15) is 31.4 Å². The minimum Gasteiger partial charge on any atom is -0.367 e. The second-order valence-electron chi connectivity index (χ2n) is 5.06. The van der Waals surface area contributed by atoms with E-state index in [2.05, 4.69) is 5.16 Å². The van der Waals surface area contributed by atoms with Gasteiger partial charge in [-0.2, -0.15) is 0 Å². The molecule has 19 heavy (non-hydrogen) atoms. The lowest BCUT2D eigenvalue weighted by molar-refractivity contribution is 0.417. The third kappa shape index (κ3) is 2.09. The number of rotatable bonds is 3. The Morgan fingerprint density at radius 2 is 2.11 bits per heavy atom. The zero-order chi connectivity index (χ0) is 13.6. The molecule has 3 nitrogen and oxygen atoms in total. The van der Waals surface area contributed by atoms with Crippen LogP contribution in [0.2, 0.25) is 0 Å². The van der Waals surface area contributed by atoms with E-state index in [-0.39, 0.29) is 17.4 Å². The molecule has 1 aromatic heterocycles. The van der Waals surface area contributed by atoms with Crippen LogP contribution in [-0.2, 0) is 0 Å². The monoisotopic (exact) mass is 264 g/mol. The first-order chi connectivity index (χ1) is 9.08. The van der Waals surface area contributed by atoms with Crippen LogP contribution in [-0.4, -0.2) is 5.16 Å². The second kappa shape index (κ2) is 4.33. The van der Waals surface area contributed by atoms with Crippen LogP contribution >= 0.6 is 0 Å². The number of nitrogen functional groups attached to an aromatic ring is 1. The highest BCUT2D eigenvalue weighted by atomic mass is 19.1. The van der Waals surface area contributed by atoms with Gasteiger partial charge in [-0.05, 0) is 30.9 Å². The maximum atomic E-state index is 13.9. The van der Waals surface area contributed by atoms with E-state index in [0.717, 1.165) is 18.9 Å². The largest absolute Gasteiger partial charge is 0.367 e. The first-order valence-electron chi connectivity index (χ1n) is 6.28. The predicted molar refractivity (Wildman–Crippen MR) is 67.4 cm³/mol. The summed E-state index contributed by atoms with van der Waals surface area (Å²) in [5.74, 6) is -0.479. The topological polar surface area (TPSA) is 52.0 Å². The van der Waals surface area contributed by atoms with E-state index in [1.54, 1.807) is 0 Å². The molecule has 1 aliphatic rings. The van der Waals surface area contributed by atoms with Crippen molar-refractivity contribution in [1.29, 1.82) is 0 Å². The quantitative estimate of drug-likeness (QED) is 0.919. The smallest absolute Gasteiger partial charge is 0.230 e. The summed E-state index contributed by atoms with van der Waals surface area (Å²) in [7, 11) is 0. The molecule has 0 radical (unpaired) electrons. The molecular weight excluding hydrogens is 250 g/mol. The molecule has 1 unspecified atom stereocenters. The summed E-state index contributed by atoms with van der Waals surface area (Å²) in [6.45, 7) is 2.03. The summed E-state index contributed by atoms with van der Waals surface area (Å²) in [6, 6.07) is 3.42. The second-order valence-corrected chi connectivity index (χ2v) is 5.06. The lowest BCUT2D eigenvalue weighted by Gasteiger charge is -2.09. The molecule has 5 heteroatoms. The van der Waals surface area contributed by atoms with Gasteiger partial charge in [-0.1, -0.05) is 12.1 Å². The Balaban J connectivity index is 2.10. The normalized spacial score (nSPS) is 16.6. The minimum absolute atomic E-state index is 0.0769. The molecule has 1 atom stereocenters. The Labute approximate surface area is 109 Å². The molecule has 1 fully saturated rings. The van der Waals surface area contributed by atoms with Crippen LogP contribution in [0.3, 0.4) is 0 Å². The van der Waals surface area contributed by atoms with Crippen molar-refractivity contribution in [3.63, 3.8) is 0 Å². The van der Waals surface area contributed by atoms with Crippen molar-refractivity contribution in [1.82, 2.24) is 5.16 Å². The van der Waals surface area contributed by atoms with Gasteiger partial charge in [0.05, 0.1) is 11.3 Å². The van der Waals surface area contributed by atoms with E-state index in [4.69, 9.17) is 10.3 Å². The fraction of sp³-hybridized carbons (Fsp3) is 0.357. The van der Waals surface area contributed by atoms with Crippen LogP contribution < -0.4 is 5.73 Å². The molecule has 0 aliphatic heterocycles. The molecule has 1 saturated carbocycles. The van der Waals surface area contributed by atoms with Crippen molar-refractivity contribution in [2.75, 3.05) is 5.73 Å². The third-order valence-electron chi connectivity index (χ3n) is 3.71. The minimum atomic E-state index is -0.654. The fourth-order valence-corrected chi connectivity index (χ4v) is 2.41. The first-order valence-corrected chi connectivity index (χ1v) is 6.28. The summed E-state index contributed by atoms with van der Waals surface area (Å²) in [4.78, 5) is 0. The predicted octanol–water partition coefficient (Wildman–Crippen LogP) is 3.72. The van der Waals surface area contributed by atoms with Gasteiger partial charge in [-0.15, -0.1) is 0 Å². The zero-order valence-corrected chi connectivity index (χ0v) is 10.5. The Bertz CT molecular complexity index is 620. The maximum absolute atomic E-state index is 13.9. The lowest BCUT2D eigenvalue weighted by atomic mass is 9.94. The summed E-state index contributed by atoms with van der Waals surface area (Å²) in [5, 5.41) is 3.96. The van der Waals surface area contributed by atoms with Crippen molar-refractivity contribution < 1.29 is 13.3 Å². The molecule has 2 N–H and O–H groups in total. The molecular formula is C14H14F2N2O. The zero-order valence-electron chi connectivity index (χ0n) is 10.5. The highest BCUT2D eigenvalue weighted by Gasteiger charge is 2.34. The lowest BCUT2D eigenvalue weighted by Crippen LogP contribution is -2.00. The number of benzene rings is 1. The van der Waals surface area contributed by atoms with Gasteiger partial charge in [-0.25, -0.2) is 8.78 Å². The summed E-state index contributed by atoms with van der Waals surface area (Å²) in [6.07, 6.45) is 2.28. The highest BCUT2D eigenvalue weighted by Crippen LogP contribution is 2.46. The van der Waals surface area contributed by atoms with Crippen molar-refractivity contribution >= 4 is 5.88 Å². The molecule has 100 valence electrons. The van der Waals surface area contributed by atoms with Gasteiger partial charge in [0.1, 0.15) is 11.6 Å².